The van der Waals surface area contributed by atoms with Crippen molar-refractivity contribution in [1.82, 2.24) is 4.57 Å². The topological polar surface area (TPSA) is 87.6 Å². The molecule has 0 radical (unpaired) electrons. The van der Waals surface area contributed by atoms with E-state index in [4.69, 9.17) is 4.74 Å². The van der Waals surface area contributed by atoms with E-state index in [1.165, 1.54) is 10.8 Å². The highest BCUT2D eigenvalue weighted by Crippen LogP contribution is 2.24. The van der Waals surface area contributed by atoms with Crippen LogP contribution in [0.1, 0.15) is 40.7 Å². The van der Waals surface area contributed by atoms with Gasteiger partial charge >= 0.3 is 0 Å². The number of aromatic hydroxyl groups is 1. The summed E-state index contributed by atoms with van der Waals surface area (Å²) in [4.78, 5) is 17.1. The van der Waals surface area contributed by atoms with Crippen LogP contribution in [0.5, 0.6) is 5.88 Å². The van der Waals surface area contributed by atoms with Crippen molar-refractivity contribution in [2.45, 2.75) is 46.3 Å². The highest BCUT2D eigenvalue weighted by Gasteiger charge is 2.22. The van der Waals surface area contributed by atoms with Gasteiger partial charge in [-0.1, -0.05) is 17.7 Å². The smallest absolute Gasteiger partial charge is 0.271 e. The van der Waals surface area contributed by atoms with E-state index in [-0.39, 0.29) is 24.1 Å². The molecule has 1 N–H and O–H groups in total. The Balaban J connectivity index is 2.07. The third-order valence-electron chi connectivity index (χ3n) is 4.94. The van der Waals surface area contributed by atoms with Crippen molar-refractivity contribution < 1.29 is 9.84 Å². The minimum atomic E-state index is -0.494. The van der Waals surface area contributed by atoms with E-state index in [9.17, 15) is 15.2 Å². The lowest BCUT2D eigenvalue weighted by atomic mass is 10.1. The molecule has 1 aliphatic heterocycles. The molecule has 1 aromatic carbocycles. The molecule has 1 aliphatic rings. The largest absolute Gasteiger partial charge is 0.494 e. The number of ether oxygens (including phenoxy) is 1. The van der Waals surface area contributed by atoms with Gasteiger partial charge in [-0.25, -0.2) is 0 Å². The molecular formula is C21H23N3O3. The molecule has 0 bridgehead atoms. The van der Waals surface area contributed by atoms with Crippen LogP contribution in [-0.4, -0.2) is 28.6 Å². The third-order valence-corrected chi connectivity index (χ3v) is 4.94. The molecule has 1 unspecified atom stereocenters. The Bertz CT molecular complexity index is 993. The maximum absolute atomic E-state index is 12.6. The fourth-order valence-electron chi connectivity index (χ4n) is 3.37. The molecule has 6 nitrogen and oxygen atoms in total. The number of hydrogen-bond acceptors (Lipinski definition) is 5. The monoisotopic (exact) mass is 365 g/mol. The van der Waals surface area contributed by atoms with Crippen molar-refractivity contribution in [3.05, 3.63) is 56.4 Å². The number of nitriles is 1. The van der Waals surface area contributed by atoms with Gasteiger partial charge in [0.2, 0.25) is 5.88 Å². The second-order valence-corrected chi connectivity index (χ2v) is 6.95. The number of aryl methyl sites for hydroxylation is 2. The normalized spacial score (nSPS) is 16.7. The van der Waals surface area contributed by atoms with Crippen LogP contribution in [0.3, 0.4) is 0 Å². The highest BCUT2D eigenvalue weighted by molar-refractivity contribution is 5.87. The molecule has 1 atom stereocenters. The second-order valence-electron chi connectivity index (χ2n) is 6.95. The summed E-state index contributed by atoms with van der Waals surface area (Å²) in [6, 6.07) is 7.86. The molecule has 6 heteroatoms. The van der Waals surface area contributed by atoms with Gasteiger partial charge in [-0.15, -0.1) is 0 Å². The predicted octanol–water partition coefficient (Wildman–Crippen LogP) is 3.28. The van der Waals surface area contributed by atoms with Crippen molar-refractivity contribution >= 4 is 11.9 Å². The van der Waals surface area contributed by atoms with Crippen molar-refractivity contribution in [2.75, 3.05) is 6.61 Å². The Morgan fingerprint density at radius 2 is 2.19 bits per heavy atom. The number of aromatic nitrogens is 1. The average molecular weight is 365 g/mol. The van der Waals surface area contributed by atoms with Crippen LogP contribution in [0.2, 0.25) is 0 Å². The fraction of sp³-hybridized carbons (Fsp3) is 0.381. The van der Waals surface area contributed by atoms with E-state index in [1.807, 2.05) is 38.1 Å². The first kappa shape index (κ1) is 18.9. The lowest BCUT2D eigenvalue weighted by molar-refractivity contribution is 0.0938. The first-order valence-corrected chi connectivity index (χ1v) is 9.01. The summed E-state index contributed by atoms with van der Waals surface area (Å²) in [5, 5.41) is 20.2. The van der Waals surface area contributed by atoms with Crippen molar-refractivity contribution in [3.8, 4) is 11.9 Å². The lowest BCUT2D eigenvalue weighted by Gasteiger charge is -2.17. The zero-order valence-corrected chi connectivity index (χ0v) is 15.8. The van der Waals surface area contributed by atoms with Crippen LogP contribution >= 0.6 is 0 Å². The number of rotatable bonds is 4. The van der Waals surface area contributed by atoms with Gasteiger partial charge in [0.25, 0.3) is 5.56 Å². The lowest BCUT2D eigenvalue weighted by Crippen LogP contribution is -2.29. The van der Waals surface area contributed by atoms with Gasteiger partial charge in [-0.05, 0) is 50.8 Å². The van der Waals surface area contributed by atoms with Crippen LogP contribution in [0.15, 0.2) is 28.0 Å². The SMILES string of the molecule is Cc1ccc(N=Cc2c(C)c(C#N)c(=O)n(CC3CCCO3)c2O)c(C)c1. The predicted molar refractivity (Wildman–Crippen MR) is 104 cm³/mol. The standard InChI is InChI=1S/C21H23N3O3/c1-13-6-7-19(14(2)9-13)23-11-18-15(3)17(10-22)20(25)24(21(18)26)12-16-5-4-8-27-16/h6-7,9,11,16,26H,4-5,8,12H2,1-3H3. The molecule has 0 amide bonds. The van der Waals surface area contributed by atoms with Crippen LogP contribution < -0.4 is 5.56 Å². The third kappa shape index (κ3) is 3.79. The minimum absolute atomic E-state index is 0.0212. The van der Waals surface area contributed by atoms with Crippen molar-refractivity contribution in [3.63, 3.8) is 0 Å². The summed E-state index contributed by atoms with van der Waals surface area (Å²) < 4.78 is 6.81. The molecule has 1 aromatic heterocycles. The van der Waals surface area contributed by atoms with Gasteiger partial charge in [-0.3, -0.25) is 14.4 Å². The molecule has 1 saturated heterocycles. The number of hydrogen-bond donors (Lipinski definition) is 1. The van der Waals surface area contributed by atoms with Gasteiger partial charge in [0.05, 0.1) is 23.9 Å². The molecule has 0 spiro atoms. The van der Waals surface area contributed by atoms with Gasteiger partial charge in [0.15, 0.2) is 0 Å². The maximum atomic E-state index is 12.6. The van der Waals surface area contributed by atoms with Crippen LogP contribution in [0.25, 0.3) is 0 Å². The van der Waals surface area contributed by atoms with E-state index < -0.39 is 5.56 Å². The van der Waals surface area contributed by atoms with Gasteiger partial charge < -0.3 is 9.84 Å². The second kappa shape index (κ2) is 7.77. The average Bonchev–Trinajstić information content (AvgIpc) is 3.14. The molecular weight excluding hydrogens is 342 g/mol. The fourth-order valence-corrected chi connectivity index (χ4v) is 3.37. The summed E-state index contributed by atoms with van der Waals surface area (Å²) in [5.41, 5.74) is 3.26. The highest BCUT2D eigenvalue weighted by atomic mass is 16.5. The molecule has 140 valence electrons. The number of nitrogens with zero attached hydrogens (tertiary/aromatic N) is 3. The number of aliphatic imine (C=N–C) groups is 1. The van der Waals surface area contributed by atoms with E-state index in [0.29, 0.717) is 17.7 Å². The van der Waals surface area contributed by atoms with Crippen molar-refractivity contribution in [1.29, 1.82) is 5.26 Å². The summed E-state index contributed by atoms with van der Waals surface area (Å²) in [5.74, 6) is -0.180. The Morgan fingerprint density at radius 1 is 1.41 bits per heavy atom. The number of pyridine rings is 1. The first-order chi connectivity index (χ1) is 12.9. The molecule has 2 heterocycles. The zero-order valence-electron chi connectivity index (χ0n) is 15.8. The molecule has 2 aromatic rings. The molecule has 27 heavy (non-hydrogen) atoms. The van der Waals surface area contributed by atoms with E-state index in [2.05, 4.69) is 4.99 Å². The summed E-state index contributed by atoms with van der Waals surface area (Å²) in [6.07, 6.45) is 3.15. The van der Waals surface area contributed by atoms with Crippen molar-refractivity contribution in [2.24, 2.45) is 4.99 Å². The number of benzene rings is 1. The van der Waals surface area contributed by atoms with E-state index in [0.717, 1.165) is 29.7 Å². The minimum Gasteiger partial charge on any atom is -0.494 e. The van der Waals surface area contributed by atoms with Crippen LogP contribution in [0.4, 0.5) is 5.69 Å². The zero-order chi connectivity index (χ0) is 19.6. The van der Waals surface area contributed by atoms with Crippen LogP contribution in [0, 0.1) is 32.1 Å². The summed E-state index contributed by atoms with van der Waals surface area (Å²) in [6.45, 7) is 6.50. The molecule has 0 saturated carbocycles. The van der Waals surface area contributed by atoms with Gasteiger partial charge in [0.1, 0.15) is 11.6 Å². The quantitative estimate of drug-likeness (QED) is 0.842. The molecule has 3 rings (SSSR count). The molecule has 1 fully saturated rings. The van der Waals surface area contributed by atoms with Crippen LogP contribution in [-0.2, 0) is 11.3 Å². The molecule has 0 aliphatic carbocycles. The van der Waals surface area contributed by atoms with E-state index >= 15 is 0 Å². The Kier molecular flexibility index (Phi) is 5.43. The van der Waals surface area contributed by atoms with E-state index in [1.54, 1.807) is 6.92 Å². The first-order valence-electron chi connectivity index (χ1n) is 9.01. The van der Waals surface area contributed by atoms with Gasteiger partial charge in [0, 0.05) is 12.8 Å². The Labute approximate surface area is 158 Å². The summed E-state index contributed by atoms with van der Waals surface area (Å²) in [7, 11) is 0. The Hall–Kier alpha value is -2.91. The van der Waals surface area contributed by atoms with Gasteiger partial charge in [-0.2, -0.15) is 5.26 Å². The maximum Gasteiger partial charge on any atom is 0.271 e. The Morgan fingerprint density at radius 3 is 2.81 bits per heavy atom. The summed E-state index contributed by atoms with van der Waals surface area (Å²) >= 11 is 0.